The number of benzene rings is 1. The number of nitrogens with one attached hydrogen (secondary N) is 1. The predicted octanol–water partition coefficient (Wildman–Crippen LogP) is 4.40. The molecule has 41 heavy (non-hydrogen) atoms. The number of aromatic nitrogens is 8. The van der Waals surface area contributed by atoms with Crippen molar-refractivity contribution in [2.45, 2.75) is 50.6 Å². The molecule has 5 heterocycles. The first-order chi connectivity index (χ1) is 19.8. The Balaban J connectivity index is 1.23. The van der Waals surface area contributed by atoms with E-state index in [1.807, 2.05) is 0 Å². The molecule has 210 valence electrons. The average molecular weight is 564 g/mol. The molecule has 0 saturated heterocycles. The van der Waals surface area contributed by atoms with E-state index in [2.05, 4.69) is 30.4 Å². The first-order valence-electron chi connectivity index (χ1n) is 13.1. The standard InChI is InChI=1S/C27H24F3N9O2/c1-41-26-20(21(15-3-4-15)33-13-34-26)22-36-23(25-31-7-9-39(25)37-22)32-11-14-2-5-16-17(10-14)18(40)6-8-38-12-19(27(28,29)30)35-24(16)38/h2,5,7,9-10,12-13,15,18,40H,3-4,6,8,11H2,1H3,(H,32,36,37). The van der Waals surface area contributed by atoms with E-state index in [1.165, 1.54) is 10.9 Å². The summed E-state index contributed by atoms with van der Waals surface area (Å²) >= 11 is 0. The number of ether oxygens (including phenoxy) is 1. The highest BCUT2D eigenvalue weighted by molar-refractivity contribution is 5.71. The van der Waals surface area contributed by atoms with Crippen LogP contribution in [-0.4, -0.2) is 51.3 Å². The highest BCUT2D eigenvalue weighted by Crippen LogP contribution is 2.45. The number of nitrogens with zero attached hydrogens (tertiary/aromatic N) is 8. The van der Waals surface area contributed by atoms with Crippen LogP contribution in [0.1, 0.15) is 53.8 Å². The highest BCUT2D eigenvalue weighted by Gasteiger charge is 2.36. The summed E-state index contributed by atoms with van der Waals surface area (Å²) in [5.41, 5.74) is 2.83. The number of halogens is 3. The monoisotopic (exact) mass is 563 g/mol. The maximum atomic E-state index is 13.3. The second-order valence-corrected chi connectivity index (χ2v) is 10.1. The molecule has 5 aromatic rings. The minimum Gasteiger partial charge on any atom is -0.480 e. The second kappa shape index (κ2) is 9.51. The van der Waals surface area contributed by atoms with Gasteiger partial charge in [-0.25, -0.2) is 29.4 Å². The Labute approximate surface area is 231 Å². The van der Waals surface area contributed by atoms with E-state index in [9.17, 15) is 18.3 Å². The molecule has 1 aromatic carbocycles. The number of alkyl halides is 3. The molecule has 1 aliphatic heterocycles. The molecule has 1 aliphatic carbocycles. The number of aliphatic hydroxyl groups is 1. The average Bonchev–Trinajstić information content (AvgIpc) is 3.57. The Morgan fingerprint density at radius 2 is 1.98 bits per heavy atom. The zero-order chi connectivity index (χ0) is 28.3. The summed E-state index contributed by atoms with van der Waals surface area (Å²) < 4.78 is 48.6. The normalized spacial score (nSPS) is 16.8. The van der Waals surface area contributed by atoms with Crippen LogP contribution in [0.4, 0.5) is 19.0 Å². The summed E-state index contributed by atoms with van der Waals surface area (Å²) in [5, 5.41) is 18.8. The van der Waals surface area contributed by atoms with Gasteiger partial charge in [0, 0.05) is 43.2 Å². The largest absolute Gasteiger partial charge is 0.480 e. The third kappa shape index (κ3) is 4.53. The Morgan fingerprint density at radius 1 is 1.12 bits per heavy atom. The molecule has 14 heteroatoms. The fraction of sp³-hybridized carbons (Fsp3) is 0.333. The molecular weight excluding hydrogens is 539 g/mol. The number of hydrogen-bond acceptors (Lipinski definition) is 9. The number of aliphatic hydroxyl groups excluding tert-OH is 1. The fourth-order valence-electron chi connectivity index (χ4n) is 5.21. The van der Waals surface area contributed by atoms with E-state index in [4.69, 9.17) is 9.72 Å². The number of anilines is 1. The zero-order valence-corrected chi connectivity index (χ0v) is 21.8. The van der Waals surface area contributed by atoms with Gasteiger partial charge in [-0.05, 0) is 30.4 Å². The first kappa shape index (κ1) is 25.4. The van der Waals surface area contributed by atoms with Crippen molar-refractivity contribution in [1.82, 2.24) is 39.1 Å². The van der Waals surface area contributed by atoms with Gasteiger partial charge >= 0.3 is 6.18 Å². The molecule has 1 unspecified atom stereocenters. The van der Waals surface area contributed by atoms with Gasteiger partial charge in [0.05, 0.1) is 18.9 Å². The summed E-state index contributed by atoms with van der Waals surface area (Å²) in [7, 11) is 1.54. The minimum atomic E-state index is -4.55. The van der Waals surface area contributed by atoms with E-state index < -0.39 is 18.0 Å². The third-order valence-electron chi connectivity index (χ3n) is 7.36. The second-order valence-electron chi connectivity index (χ2n) is 10.1. The van der Waals surface area contributed by atoms with Gasteiger partial charge in [-0.1, -0.05) is 18.2 Å². The molecule has 0 amide bonds. The first-order valence-corrected chi connectivity index (χ1v) is 13.1. The van der Waals surface area contributed by atoms with E-state index >= 15 is 0 Å². The van der Waals surface area contributed by atoms with Gasteiger partial charge in [0.1, 0.15) is 17.7 Å². The van der Waals surface area contributed by atoms with Gasteiger partial charge in [-0.3, -0.25) is 0 Å². The molecular formula is C27H24F3N9O2. The van der Waals surface area contributed by atoms with Crippen molar-refractivity contribution < 1.29 is 23.0 Å². The maximum Gasteiger partial charge on any atom is 0.434 e. The van der Waals surface area contributed by atoms with Crippen LogP contribution < -0.4 is 10.1 Å². The summed E-state index contributed by atoms with van der Waals surface area (Å²) in [6.45, 7) is 0.526. The van der Waals surface area contributed by atoms with Crippen LogP contribution in [0.5, 0.6) is 5.88 Å². The molecule has 1 fully saturated rings. The number of imidazole rings is 2. The Kier molecular flexibility index (Phi) is 5.89. The predicted molar refractivity (Wildman–Crippen MR) is 140 cm³/mol. The van der Waals surface area contributed by atoms with E-state index in [0.29, 0.717) is 52.3 Å². The van der Waals surface area contributed by atoms with Crippen LogP contribution in [0.25, 0.3) is 28.4 Å². The minimum absolute atomic E-state index is 0.188. The zero-order valence-electron chi connectivity index (χ0n) is 21.8. The van der Waals surface area contributed by atoms with Gasteiger partial charge in [-0.15, -0.1) is 5.10 Å². The van der Waals surface area contributed by atoms with Crippen LogP contribution >= 0.6 is 0 Å². The molecule has 2 aliphatic rings. The van der Waals surface area contributed by atoms with Crippen molar-refractivity contribution in [3.8, 4) is 28.7 Å². The lowest BCUT2D eigenvalue weighted by Gasteiger charge is -2.15. The van der Waals surface area contributed by atoms with Crippen LogP contribution in [0.3, 0.4) is 0 Å². The Hall–Kier alpha value is -4.59. The summed E-state index contributed by atoms with van der Waals surface area (Å²) in [6, 6.07) is 5.28. The molecule has 0 spiro atoms. The van der Waals surface area contributed by atoms with Crippen LogP contribution in [0.2, 0.25) is 0 Å². The van der Waals surface area contributed by atoms with Crippen LogP contribution in [0, 0.1) is 0 Å². The lowest BCUT2D eigenvalue weighted by Crippen LogP contribution is -2.10. The smallest absolute Gasteiger partial charge is 0.434 e. The number of fused-ring (bicyclic) bond motifs is 4. The fourth-order valence-corrected chi connectivity index (χ4v) is 5.21. The molecule has 4 aromatic heterocycles. The molecule has 1 atom stereocenters. The molecule has 11 nitrogen and oxygen atoms in total. The van der Waals surface area contributed by atoms with E-state index in [0.717, 1.165) is 30.3 Å². The number of hydrogen-bond donors (Lipinski definition) is 2. The number of rotatable bonds is 6. The van der Waals surface area contributed by atoms with Crippen molar-refractivity contribution in [1.29, 1.82) is 0 Å². The van der Waals surface area contributed by atoms with Crippen molar-refractivity contribution in [3.05, 3.63) is 65.6 Å². The number of aryl methyl sites for hydroxylation is 1. The quantitative estimate of drug-likeness (QED) is 0.309. The van der Waals surface area contributed by atoms with Gasteiger partial charge in [0.2, 0.25) is 5.88 Å². The lowest BCUT2D eigenvalue weighted by atomic mass is 9.98. The SMILES string of the molecule is COc1ncnc(C2CC2)c1-c1nc(NCc2ccc3c(c2)C(O)CCn2cc(C(F)(F)F)nc2-3)c2nccn2n1. The van der Waals surface area contributed by atoms with E-state index in [1.54, 1.807) is 42.2 Å². The maximum absolute atomic E-state index is 13.3. The summed E-state index contributed by atoms with van der Waals surface area (Å²) in [4.78, 5) is 21.8. The molecule has 0 bridgehead atoms. The topological polar surface area (TPSA) is 128 Å². The molecule has 2 N–H and O–H groups in total. The Morgan fingerprint density at radius 3 is 2.76 bits per heavy atom. The van der Waals surface area contributed by atoms with Crippen molar-refractivity contribution >= 4 is 11.5 Å². The van der Waals surface area contributed by atoms with Gasteiger partial charge in [0.15, 0.2) is 23.0 Å². The van der Waals surface area contributed by atoms with Crippen LogP contribution in [0.15, 0.2) is 43.1 Å². The lowest BCUT2D eigenvalue weighted by molar-refractivity contribution is -0.140. The van der Waals surface area contributed by atoms with Crippen LogP contribution in [-0.2, 0) is 19.3 Å². The Bertz CT molecular complexity index is 1780. The van der Waals surface area contributed by atoms with Gasteiger partial charge in [-0.2, -0.15) is 13.2 Å². The number of methoxy groups -OCH3 is 1. The van der Waals surface area contributed by atoms with Gasteiger partial charge < -0.3 is 19.7 Å². The van der Waals surface area contributed by atoms with Crippen molar-refractivity contribution in [3.63, 3.8) is 0 Å². The molecule has 7 rings (SSSR count). The van der Waals surface area contributed by atoms with Crippen molar-refractivity contribution in [2.75, 3.05) is 12.4 Å². The van der Waals surface area contributed by atoms with Gasteiger partial charge in [0.25, 0.3) is 0 Å². The van der Waals surface area contributed by atoms with Crippen molar-refractivity contribution in [2.24, 2.45) is 0 Å². The summed E-state index contributed by atoms with van der Waals surface area (Å²) in [6.07, 6.45) is 2.72. The summed E-state index contributed by atoms with van der Waals surface area (Å²) in [5.74, 6) is 1.73. The molecule has 0 radical (unpaired) electrons. The van der Waals surface area contributed by atoms with E-state index in [-0.39, 0.29) is 18.8 Å². The molecule has 1 saturated carbocycles. The third-order valence-corrected chi connectivity index (χ3v) is 7.36. The highest BCUT2D eigenvalue weighted by atomic mass is 19.4.